The monoisotopic (exact) mass is 282 g/mol. The second-order valence-corrected chi connectivity index (χ2v) is 5.39. The Morgan fingerprint density at radius 1 is 1.05 bits per heavy atom. The summed E-state index contributed by atoms with van der Waals surface area (Å²) in [6, 6.07) is 0. The third kappa shape index (κ3) is 6.18. The van der Waals surface area contributed by atoms with Crippen molar-refractivity contribution in [3.8, 4) is 11.8 Å². The highest BCUT2D eigenvalue weighted by Crippen LogP contribution is 2.25. The van der Waals surface area contributed by atoms with Crippen molar-refractivity contribution in [3.63, 3.8) is 0 Å². The number of hydrogen-bond donors (Lipinski definition) is 1. The first-order valence-corrected chi connectivity index (χ1v) is 7.49. The maximum Gasteiger partial charge on any atom is 0.303 e. The summed E-state index contributed by atoms with van der Waals surface area (Å²) < 4.78 is 14.5. The molecule has 1 aliphatic carbocycles. The highest BCUT2D eigenvalue weighted by Gasteiger charge is 2.35. The molecule has 0 fully saturated rings. The summed E-state index contributed by atoms with van der Waals surface area (Å²) in [7, 11) is 0. The van der Waals surface area contributed by atoms with E-state index in [1.807, 2.05) is 0 Å². The second kappa shape index (κ2) is 8.73. The van der Waals surface area contributed by atoms with E-state index in [4.69, 9.17) is 5.11 Å². The van der Waals surface area contributed by atoms with Crippen LogP contribution in [0.3, 0.4) is 0 Å². The molecule has 20 heavy (non-hydrogen) atoms. The highest BCUT2D eigenvalue weighted by molar-refractivity contribution is 5.90. The van der Waals surface area contributed by atoms with Crippen LogP contribution in [0.25, 0.3) is 0 Å². The molecule has 0 aromatic heterocycles. The van der Waals surface area contributed by atoms with Crippen molar-refractivity contribution in [1.82, 2.24) is 0 Å². The molecule has 0 aromatic rings. The normalized spacial score (nSPS) is 22.2. The largest absolute Gasteiger partial charge is 0.481 e. The van der Waals surface area contributed by atoms with Crippen molar-refractivity contribution < 1.29 is 19.1 Å². The predicted molar refractivity (Wildman–Crippen MR) is 75.0 cm³/mol. The molecule has 4 heteroatoms. The van der Waals surface area contributed by atoms with Crippen molar-refractivity contribution in [2.75, 3.05) is 0 Å². The molecule has 0 saturated heterocycles. The Bertz CT molecular complexity index is 394. The Labute approximate surface area is 119 Å². The highest BCUT2D eigenvalue weighted by atomic mass is 19.1. The first-order valence-electron chi connectivity index (χ1n) is 7.49. The number of aliphatic carboxylic acids is 1. The molecule has 1 N–H and O–H groups in total. The average molecular weight is 282 g/mol. The van der Waals surface area contributed by atoms with E-state index in [-0.39, 0.29) is 19.3 Å². The van der Waals surface area contributed by atoms with Gasteiger partial charge in [0.15, 0.2) is 5.78 Å². The summed E-state index contributed by atoms with van der Waals surface area (Å²) in [5.74, 6) is 4.10. The Kier molecular flexibility index (Phi) is 7.28. The van der Waals surface area contributed by atoms with Crippen molar-refractivity contribution in [2.24, 2.45) is 0 Å². The molecule has 1 rings (SSSR count). The third-order valence-electron chi connectivity index (χ3n) is 3.60. The predicted octanol–water partition coefficient (Wildman–Crippen LogP) is 3.66. The number of carboxylic acids is 1. The smallest absolute Gasteiger partial charge is 0.303 e. The van der Waals surface area contributed by atoms with E-state index in [0.29, 0.717) is 19.3 Å². The van der Waals surface area contributed by atoms with E-state index >= 15 is 0 Å². The quantitative estimate of drug-likeness (QED) is 0.546. The standard InChI is InChI=1S/C16H23FO3/c17-16(12-8-4-1-5-9-13-16)14(18)10-6-2-3-7-11-15(19)20/h1-8,10-12H2,(H,19,20). The summed E-state index contributed by atoms with van der Waals surface area (Å²) in [5, 5.41) is 8.49. The fraction of sp³-hybridized carbons (Fsp3) is 0.750. The van der Waals surface area contributed by atoms with Crippen LogP contribution < -0.4 is 0 Å². The van der Waals surface area contributed by atoms with Gasteiger partial charge in [-0.15, -0.1) is 0 Å². The molecule has 0 radical (unpaired) electrons. The van der Waals surface area contributed by atoms with Gasteiger partial charge in [-0.25, -0.2) is 4.39 Å². The van der Waals surface area contributed by atoms with Crippen LogP contribution in [0.4, 0.5) is 4.39 Å². The second-order valence-electron chi connectivity index (χ2n) is 5.39. The maximum atomic E-state index is 14.5. The van der Waals surface area contributed by atoms with E-state index in [1.54, 1.807) is 0 Å². The number of ketones is 1. The summed E-state index contributed by atoms with van der Waals surface area (Å²) >= 11 is 0. The van der Waals surface area contributed by atoms with Gasteiger partial charge in [-0.2, -0.15) is 0 Å². The lowest BCUT2D eigenvalue weighted by Gasteiger charge is -2.19. The molecule has 0 saturated carbocycles. The number of halogens is 1. The summed E-state index contributed by atoms with van der Waals surface area (Å²) in [4.78, 5) is 22.3. The van der Waals surface area contributed by atoms with Gasteiger partial charge in [0.05, 0.1) is 0 Å². The molecule has 1 atom stereocenters. The maximum absolute atomic E-state index is 14.5. The third-order valence-corrected chi connectivity index (χ3v) is 3.60. The molecule has 0 bridgehead atoms. The van der Waals surface area contributed by atoms with E-state index < -0.39 is 17.4 Å². The molecular formula is C16H23FO3. The van der Waals surface area contributed by atoms with Gasteiger partial charge < -0.3 is 5.11 Å². The molecule has 0 heterocycles. The Balaban J connectivity index is 2.28. The van der Waals surface area contributed by atoms with Gasteiger partial charge in [0.25, 0.3) is 0 Å². The van der Waals surface area contributed by atoms with Crippen molar-refractivity contribution >= 4 is 11.8 Å². The first kappa shape index (κ1) is 16.7. The number of alkyl halides is 1. The Morgan fingerprint density at radius 3 is 2.45 bits per heavy atom. The van der Waals surface area contributed by atoms with Gasteiger partial charge in [-0.05, 0) is 25.7 Å². The molecule has 0 amide bonds. The number of carbonyl (C=O) groups excluding carboxylic acids is 1. The minimum atomic E-state index is -1.94. The zero-order valence-corrected chi connectivity index (χ0v) is 11.9. The topological polar surface area (TPSA) is 54.4 Å². The van der Waals surface area contributed by atoms with Crippen LogP contribution in [0.15, 0.2) is 0 Å². The molecule has 3 nitrogen and oxygen atoms in total. The SMILES string of the molecule is O=C(O)CCCCCCC(=O)C1(F)C#CCCCCC1. The fourth-order valence-electron chi connectivity index (χ4n) is 2.35. The van der Waals surface area contributed by atoms with Crippen LogP contribution in [0, 0.1) is 11.8 Å². The van der Waals surface area contributed by atoms with Crippen molar-refractivity contribution in [2.45, 2.75) is 76.3 Å². The lowest BCUT2D eigenvalue weighted by Crippen LogP contribution is -2.32. The zero-order valence-electron chi connectivity index (χ0n) is 11.9. The molecule has 0 spiro atoms. The molecule has 1 aliphatic rings. The van der Waals surface area contributed by atoms with Gasteiger partial charge in [0.1, 0.15) is 0 Å². The first-order chi connectivity index (χ1) is 9.54. The van der Waals surface area contributed by atoms with Gasteiger partial charge in [0.2, 0.25) is 5.67 Å². The lowest BCUT2D eigenvalue weighted by molar-refractivity contribution is -0.137. The number of Topliss-reactive ketones (excluding diaryl/α,β-unsaturated/α-hetero) is 1. The fourth-order valence-corrected chi connectivity index (χ4v) is 2.35. The molecule has 0 aliphatic heterocycles. The zero-order chi connectivity index (χ0) is 14.8. The van der Waals surface area contributed by atoms with Crippen LogP contribution >= 0.6 is 0 Å². The summed E-state index contributed by atoms with van der Waals surface area (Å²) in [6.07, 6.45) is 6.67. The van der Waals surface area contributed by atoms with Gasteiger partial charge in [-0.1, -0.05) is 31.1 Å². The lowest BCUT2D eigenvalue weighted by atomic mass is 9.89. The number of rotatable bonds is 8. The Hall–Kier alpha value is -1.37. The molecule has 112 valence electrons. The van der Waals surface area contributed by atoms with Crippen LogP contribution in [0.2, 0.25) is 0 Å². The minimum absolute atomic E-state index is 0.159. The average Bonchev–Trinajstić information content (AvgIpc) is 2.37. The van der Waals surface area contributed by atoms with Crippen LogP contribution in [-0.2, 0) is 9.59 Å². The summed E-state index contributed by atoms with van der Waals surface area (Å²) in [6.45, 7) is 0. The van der Waals surface area contributed by atoms with E-state index in [9.17, 15) is 14.0 Å². The van der Waals surface area contributed by atoms with Crippen LogP contribution in [-0.4, -0.2) is 22.5 Å². The van der Waals surface area contributed by atoms with Crippen molar-refractivity contribution in [1.29, 1.82) is 0 Å². The number of carboxylic acid groups (broad SMARTS) is 1. The van der Waals surface area contributed by atoms with E-state index in [1.165, 1.54) is 0 Å². The van der Waals surface area contributed by atoms with Gasteiger partial charge in [0, 0.05) is 25.7 Å². The number of unbranched alkanes of at least 4 members (excludes halogenated alkanes) is 3. The number of hydrogen-bond acceptors (Lipinski definition) is 2. The molecular weight excluding hydrogens is 259 g/mol. The molecule has 0 aromatic carbocycles. The minimum Gasteiger partial charge on any atom is -0.481 e. The summed E-state index contributed by atoms with van der Waals surface area (Å²) in [5.41, 5.74) is -1.94. The van der Waals surface area contributed by atoms with Gasteiger partial charge >= 0.3 is 5.97 Å². The number of carbonyl (C=O) groups is 2. The Morgan fingerprint density at radius 2 is 1.75 bits per heavy atom. The van der Waals surface area contributed by atoms with Gasteiger partial charge in [-0.3, -0.25) is 9.59 Å². The van der Waals surface area contributed by atoms with E-state index in [2.05, 4.69) is 11.8 Å². The molecule has 1 unspecified atom stereocenters. The van der Waals surface area contributed by atoms with E-state index in [0.717, 1.165) is 32.1 Å². The van der Waals surface area contributed by atoms with Crippen molar-refractivity contribution in [3.05, 3.63) is 0 Å². The van der Waals surface area contributed by atoms with Crippen LogP contribution in [0.5, 0.6) is 0 Å². The van der Waals surface area contributed by atoms with Crippen LogP contribution in [0.1, 0.15) is 70.6 Å².